The molecular weight excluding hydrogens is 425 g/mol. The normalized spacial score (nSPS) is 17.3. The van der Waals surface area contributed by atoms with Crippen LogP contribution < -0.4 is 16.3 Å². The fraction of sp³-hybridized carbons (Fsp3) is 0.667. The molecule has 1 heterocycles. The predicted octanol–water partition coefficient (Wildman–Crippen LogP) is 3.92. The van der Waals surface area contributed by atoms with Crippen molar-refractivity contribution >= 4 is 11.8 Å². The van der Waals surface area contributed by atoms with Crippen molar-refractivity contribution in [3.63, 3.8) is 0 Å². The van der Waals surface area contributed by atoms with E-state index in [0.717, 1.165) is 37.1 Å². The third-order valence-corrected chi connectivity index (χ3v) is 6.23. The molecule has 0 saturated heterocycles. The minimum atomic E-state index is -0.510. The number of hydrazine groups is 1. The Morgan fingerprint density at radius 1 is 1.15 bits per heavy atom. The maximum atomic E-state index is 12.3. The first-order valence-electron chi connectivity index (χ1n) is 12.0. The minimum Gasteiger partial charge on any atom is -0.489 e. The molecule has 0 aromatic carbocycles. The van der Waals surface area contributed by atoms with Crippen LogP contribution in [0.5, 0.6) is 5.75 Å². The van der Waals surface area contributed by atoms with Gasteiger partial charge in [0.1, 0.15) is 12.4 Å². The molecule has 33 heavy (non-hydrogen) atoms. The standard InChI is InChI=1S/C24H38FN5O3/c1-29(15-7-6-14-25)24(31)32-16-20(30(2)27)22(26)19-12-13-21(23(28-19)17-10-11-17)33-18-8-4-3-5-9-18/h12-13,17-18H,3-11,14-16,26-27H2,1-2H3/b22-20-. The summed E-state index contributed by atoms with van der Waals surface area (Å²) in [7, 11) is 3.26. The Labute approximate surface area is 196 Å². The van der Waals surface area contributed by atoms with E-state index in [1.807, 2.05) is 12.1 Å². The third-order valence-electron chi connectivity index (χ3n) is 6.23. The molecular formula is C24H38FN5O3. The number of unbranched alkanes of at least 4 members (excludes halogenated alkanes) is 1. The Morgan fingerprint density at radius 2 is 1.88 bits per heavy atom. The first-order valence-corrected chi connectivity index (χ1v) is 12.0. The van der Waals surface area contributed by atoms with Gasteiger partial charge >= 0.3 is 6.09 Å². The lowest BCUT2D eigenvalue weighted by Crippen LogP contribution is -2.34. The van der Waals surface area contributed by atoms with Gasteiger partial charge in [0.15, 0.2) is 0 Å². The van der Waals surface area contributed by atoms with Crippen LogP contribution in [-0.4, -0.2) is 61.0 Å². The molecule has 2 aliphatic carbocycles. The van der Waals surface area contributed by atoms with Crippen molar-refractivity contribution in [2.24, 2.45) is 11.6 Å². The largest absolute Gasteiger partial charge is 0.489 e. The van der Waals surface area contributed by atoms with E-state index in [0.29, 0.717) is 42.4 Å². The van der Waals surface area contributed by atoms with E-state index in [4.69, 9.17) is 26.0 Å². The first kappa shape index (κ1) is 25.1. The van der Waals surface area contributed by atoms with Gasteiger partial charge in [0.2, 0.25) is 0 Å². The summed E-state index contributed by atoms with van der Waals surface area (Å²) < 4.78 is 24.0. The number of carbonyl (C=O) groups excluding carboxylic acids is 1. The quantitative estimate of drug-likeness (QED) is 0.291. The number of likely N-dealkylation sites (N-methyl/N-ethyl adjacent to an activating group) is 1. The molecule has 2 fully saturated rings. The van der Waals surface area contributed by atoms with E-state index in [-0.39, 0.29) is 12.7 Å². The van der Waals surface area contributed by atoms with E-state index in [1.165, 1.54) is 29.2 Å². The van der Waals surface area contributed by atoms with Gasteiger partial charge < -0.3 is 25.1 Å². The number of pyridine rings is 1. The van der Waals surface area contributed by atoms with Gasteiger partial charge in [0.25, 0.3) is 0 Å². The number of amides is 1. The highest BCUT2D eigenvalue weighted by Crippen LogP contribution is 2.44. The van der Waals surface area contributed by atoms with Crippen LogP contribution in [0.4, 0.5) is 9.18 Å². The molecule has 4 N–H and O–H groups in total. The first-order chi connectivity index (χ1) is 15.9. The number of hydrogen-bond donors (Lipinski definition) is 2. The molecule has 0 bridgehead atoms. The van der Waals surface area contributed by atoms with Crippen LogP contribution in [0.3, 0.4) is 0 Å². The van der Waals surface area contributed by atoms with Crippen LogP contribution in [0.15, 0.2) is 17.8 Å². The summed E-state index contributed by atoms with van der Waals surface area (Å²) in [4.78, 5) is 18.5. The Hall–Kier alpha value is -2.55. The van der Waals surface area contributed by atoms with Crippen molar-refractivity contribution in [2.75, 3.05) is 33.9 Å². The smallest absolute Gasteiger partial charge is 0.409 e. The van der Waals surface area contributed by atoms with Crippen molar-refractivity contribution in [2.45, 2.75) is 69.8 Å². The number of nitrogens with two attached hydrogens (primary N) is 2. The van der Waals surface area contributed by atoms with Crippen LogP contribution in [0, 0.1) is 0 Å². The Kier molecular flexibility index (Phi) is 9.17. The number of alkyl halides is 1. The van der Waals surface area contributed by atoms with Gasteiger partial charge in [-0.2, -0.15) is 0 Å². The molecule has 9 heteroatoms. The molecule has 0 unspecified atom stereocenters. The minimum absolute atomic E-state index is 0.0914. The Balaban J connectivity index is 1.72. The van der Waals surface area contributed by atoms with Crippen LogP contribution in [0.1, 0.15) is 75.1 Å². The number of ether oxygens (including phenoxy) is 2. The summed E-state index contributed by atoms with van der Waals surface area (Å²) in [6.45, 7) is -0.0685. The molecule has 0 aliphatic heterocycles. The number of hydrogen-bond acceptors (Lipinski definition) is 7. The number of carbonyl (C=O) groups is 1. The second-order valence-electron chi connectivity index (χ2n) is 9.08. The lowest BCUT2D eigenvalue weighted by Gasteiger charge is -2.25. The molecule has 8 nitrogen and oxygen atoms in total. The Morgan fingerprint density at radius 3 is 2.52 bits per heavy atom. The second kappa shape index (κ2) is 12.1. The predicted molar refractivity (Wildman–Crippen MR) is 126 cm³/mol. The molecule has 1 aromatic rings. The zero-order chi connectivity index (χ0) is 23.8. The number of nitrogens with zero attached hydrogens (tertiary/aromatic N) is 3. The molecule has 0 spiro atoms. The highest BCUT2D eigenvalue weighted by molar-refractivity contribution is 5.68. The molecule has 0 atom stereocenters. The highest BCUT2D eigenvalue weighted by Gasteiger charge is 2.30. The lowest BCUT2D eigenvalue weighted by molar-refractivity contribution is 0.112. The number of halogens is 1. The third kappa shape index (κ3) is 7.22. The van der Waals surface area contributed by atoms with Crippen molar-refractivity contribution in [3.05, 3.63) is 29.2 Å². The maximum Gasteiger partial charge on any atom is 0.409 e. The van der Waals surface area contributed by atoms with Gasteiger partial charge in [-0.25, -0.2) is 15.6 Å². The molecule has 3 rings (SSSR count). The summed E-state index contributed by atoms with van der Waals surface area (Å²) in [5.74, 6) is 7.24. The SMILES string of the molecule is CN(CCCCF)C(=O)OC/C(=C(/N)c1ccc(OC2CCCCC2)c(C2CC2)n1)N(C)N. The average molecular weight is 464 g/mol. The van der Waals surface area contributed by atoms with Crippen LogP contribution in [-0.2, 0) is 4.74 Å². The topological polar surface area (TPSA) is 107 Å². The summed E-state index contributed by atoms with van der Waals surface area (Å²) in [5, 5.41) is 1.34. The lowest BCUT2D eigenvalue weighted by atomic mass is 9.98. The average Bonchev–Trinajstić information content (AvgIpc) is 3.65. The molecule has 2 aliphatic rings. The summed E-state index contributed by atoms with van der Waals surface area (Å²) >= 11 is 0. The van der Waals surface area contributed by atoms with Crippen LogP contribution in [0.25, 0.3) is 5.70 Å². The van der Waals surface area contributed by atoms with Crippen molar-refractivity contribution < 1.29 is 18.7 Å². The van der Waals surface area contributed by atoms with Crippen LogP contribution >= 0.6 is 0 Å². The fourth-order valence-corrected chi connectivity index (χ4v) is 4.02. The Bertz CT molecular complexity index is 822. The zero-order valence-electron chi connectivity index (χ0n) is 19.9. The highest BCUT2D eigenvalue weighted by atomic mass is 19.1. The van der Waals surface area contributed by atoms with Gasteiger partial charge in [-0.3, -0.25) is 4.39 Å². The summed E-state index contributed by atoms with van der Waals surface area (Å²) in [6, 6.07) is 3.80. The maximum absolute atomic E-state index is 12.3. The van der Waals surface area contributed by atoms with Crippen molar-refractivity contribution in [1.29, 1.82) is 0 Å². The van der Waals surface area contributed by atoms with E-state index in [1.54, 1.807) is 14.1 Å². The van der Waals surface area contributed by atoms with Crippen molar-refractivity contribution in [1.82, 2.24) is 14.9 Å². The van der Waals surface area contributed by atoms with Crippen molar-refractivity contribution in [3.8, 4) is 5.75 Å². The van der Waals surface area contributed by atoms with E-state index < -0.39 is 12.8 Å². The van der Waals surface area contributed by atoms with Crippen LogP contribution in [0.2, 0.25) is 0 Å². The molecule has 2 saturated carbocycles. The summed E-state index contributed by atoms with van der Waals surface area (Å²) in [5.41, 5.74) is 8.79. The van der Waals surface area contributed by atoms with Gasteiger partial charge in [0, 0.05) is 26.6 Å². The molecule has 1 aromatic heterocycles. The summed E-state index contributed by atoms with van der Waals surface area (Å²) in [6.07, 6.45) is 8.79. The van der Waals surface area contributed by atoms with E-state index >= 15 is 0 Å². The van der Waals surface area contributed by atoms with E-state index in [9.17, 15) is 9.18 Å². The molecule has 0 radical (unpaired) electrons. The monoisotopic (exact) mass is 463 g/mol. The fourth-order valence-electron chi connectivity index (χ4n) is 4.02. The van der Waals surface area contributed by atoms with Gasteiger partial charge in [-0.05, 0) is 63.5 Å². The molecule has 184 valence electrons. The number of rotatable bonds is 11. The number of aromatic nitrogens is 1. The van der Waals surface area contributed by atoms with Gasteiger partial charge in [0.05, 0.1) is 35.6 Å². The second-order valence-corrected chi connectivity index (χ2v) is 9.08. The van der Waals surface area contributed by atoms with Gasteiger partial charge in [-0.1, -0.05) is 6.42 Å². The van der Waals surface area contributed by atoms with Gasteiger partial charge in [-0.15, -0.1) is 0 Å². The molecule has 1 amide bonds. The zero-order valence-corrected chi connectivity index (χ0v) is 19.9. The van der Waals surface area contributed by atoms with E-state index in [2.05, 4.69) is 0 Å².